The molecule has 5 nitrogen and oxygen atoms in total. The van der Waals surface area contributed by atoms with Gasteiger partial charge in [-0.05, 0) is 28.6 Å². The van der Waals surface area contributed by atoms with Crippen molar-refractivity contribution in [1.29, 1.82) is 0 Å². The predicted octanol–water partition coefficient (Wildman–Crippen LogP) is 1.46. The second kappa shape index (κ2) is 5.79. The maximum absolute atomic E-state index is 12.3. The first-order valence-electron chi connectivity index (χ1n) is 5.57. The lowest BCUT2D eigenvalue weighted by Crippen LogP contribution is -2.25. The van der Waals surface area contributed by atoms with E-state index in [2.05, 4.69) is 4.98 Å². The van der Waals surface area contributed by atoms with Crippen molar-refractivity contribution in [1.82, 2.24) is 9.29 Å². The first-order chi connectivity index (χ1) is 9.04. The lowest BCUT2D eigenvalue weighted by molar-refractivity contribution is 0.282. The number of hydrogen-bond donors (Lipinski definition) is 1. The molecule has 0 radical (unpaired) electrons. The van der Waals surface area contributed by atoms with E-state index >= 15 is 0 Å². The molecule has 0 unspecified atom stereocenters. The smallest absolute Gasteiger partial charge is 0.252 e. The van der Waals surface area contributed by atoms with Crippen molar-refractivity contribution in [2.24, 2.45) is 0 Å². The minimum atomic E-state index is -3.51. The molecule has 0 aliphatic carbocycles. The van der Waals surface area contributed by atoms with Gasteiger partial charge in [-0.2, -0.15) is 4.31 Å². The van der Waals surface area contributed by atoms with E-state index in [-0.39, 0.29) is 17.4 Å². The second-order valence-corrected chi connectivity index (χ2v) is 7.24. The van der Waals surface area contributed by atoms with Gasteiger partial charge in [-0.3, -0.25) is 4.98 Å². The minimum absolute atomic E-state index is 0.154. The number of aromatic nitrogens is 1. The van der Waals surface area contributed by atoms with Crippen LogP contribution < -0.4 is 0 Å². The first-order valence-corrected chi connectivity index (χ1v) is 7.89. The summed E-state index contributed by atoms with van der Waals surface area (Å²) in [6, 6.07) is 5.09. The van der Waals surface area contributed by atoms with E-state index in [1.54, 1.807) is 23.8 Å². The number of aliphatic hydroxyl groups excluding tert-OH is 1. The van der Waals surface area contributed by atoms with E-state index in [9.17, 15) is 8.42 Å². The Morgan fingerprint density at radius 3 is 2.79 bits per heavy atom. The highest BCUT2D eigenvalue weighted by molar-refractivity contribution is 7.91. The van der Waals surface area contributed by atoms with E-state index in [0.29, 0.717) is 5.56 Å². The molecule has 0 aliphatic rings. The Kier molecular flexibility index (Phi) is 4.31. The largest absolute Gasteiger partial charge is 0.392 e. The highest BCUT2D eigenvalue weighted by Crippen LogP contribution is 2.24. The molecule has 1 N–H and O–H groups in total. The highest BCUT2D eigenvalue weighted by atomic mass is 32.2. The molecule has 19 heavy (non-hydrogen) atoms. The molecule has 102 valence electrons. The van der Waals surface area contributed by atoms with Gasteiger partial charge in [0.15, 0.2) is 0 Å². The summed E-state index contributed by atoms with van der Waals surface area (Å²) in [5.41, 5.74) is 1.44. The van der Waals surface area contributed by atoms with Crippen LogP contribution in [-0.2, 0) is 23.2 Å². The van der Waals surface area contributed by atoms with Crippen LogP contribution in [0.15, 0.2) is 40.2 Å². The lowest BCUT2D eigenvalue weighted by atomic mass is 10.3. The van der Waals surface area contributed by atoms with Crippen molar-refractivity contribution < 1.29 is 13.5 Å². The van der Waals surface area contributed by atoms with Crippen molar-refractivity contribution in [3.05, 3.63) is 47.1 Å². The Balaban J connectivity index is 2.19. The summed E-state index contributed by atoms with van der Waals surface area (Å²) >= 11 is 1.11. The fraction of sp³-hybridized carbons (Fsp3) is 0.250. The van der Waals surface area contributed by atoms with Gasteiger partial charge in [-0.25, -0.2) is 8.42 Å². The molecular formula is C12H14N2O3S2. The summed E-state index contributed by atoms with van der Waals surface area (Å²) in [4.78, 5) is 3.96. The van der Waals surface area contributed by atoms with Crippen molar-refractivity contribution in [2.75, 3.05) is 7.05 Å². The highest BCUT2D eigenvalue weighted by Gasteiger charge is 2.22. The van der Waals surface area contributed by atoms with Crippen LogP contribution in [0.5, 0.6) is 0 Å². The van der Waals surface area contributed by atoms with Crippen LogP contribution in [0, 0.1) is 0 Å². The van der Waals surface area contributed by atoms with E-state index < -0.39 is 10.0 Å². The average molecular weight is 298 g/mol. The van der Waals surface area contributed by atoms with Gasteiger partial charge in [-0.1, -0.05) is 6.07 Å². The maximum Gasteiger partial charge on any atom is 0.252 e. The molecule has 2 rings (SSSR count). The van der Waals surface area contributed by atoms with Crippen molar-refractivity contribution in [3.63, 3.8) is 0 Å². The molecule has 0 aliphatic heterocycles. The third kappa shape index (κ3) is 3.19. The van der Waals surface area contributed by atoms with Gasteiger partial charge in [0.05, 0.1) is 6.61 Å². The number of nitrogens with zero attached hydrogens (tertiary/aromatic N) is 2. The van der Waals surface area contributed by atoms with Crippen LogP contribution in [0.3, 0.4) is 0 Å². The standard InChI is InChI=1S/C12H14N2O3S2/c1-14(7-10-3-2-4-13-6-10)19(16,17)12-5-11(8-15)9-18-12/h2-6,9,15H,7-8H2,1H3. The SMILES string of the molecule is CN(Cc1cccnc1)S(=O)(=O)c1cc(CO)cs1. The molecular weight excluding hydrogens is 284 g/mol. The Hall–Kier alpha value is -1.28. The summed E-state index contributed by atoms with van der Waals surface area (Å²) in [5.74, 6) is 0. The quantitative estimate of drug-likeness (QED) is 0.907. The predicted molar refractivity (Wildman–Crippen MR) is 73.1 cm³/mol. The van der Waals surface area contributed by atoms with Crippen LogP contribution >= 0.6 is 11.3 Å². The monoisotopic (exact) mass is 298 g/mol. The summed E-state index contributed by atoms with van der Waals surface area (Å²) in [6.45, 7) is 0.112. The van der Waals surface area contributed by atoms with Gasteiger partial charge in [0.2, 0.25) is 0 Å². The number of thiophene rings is 1. The molecule has 0 saturated heterocycles. The molecule has 0 fully saturated rings. The molecule has 0 bridgehead atoms. The Morgan fingerprint density at radius 2 is 2.21 bits per heavy atom. The van der Waals surface area contributed by atoms with E-state index in [0.717, 1.165) is 16.9 Å². The van der Waals surface area contributed by atoms with Gasteiger partial charge in [0, 0.05) is 26.0 Å². The molecule has 2 aromatic heterocycles. The Labute approximate surface area is 116 Å². The van der Waals surface area contributed by atoms with Crippen molar-refractivity contribution >= 4 is 21.4 Å². The van der Waals surface area contributed by atoms with Crippen LogP contribution in [0.1, 0.15) is 11.1 Å². The van der Waals surface area contributed by atoms with Crippen molar-refractivity contribution in [2.45, 2.75) is 17.4 Å². The lowest BCUT2D eigenvalue weighted by Gasteiger charge is -2.15. The molecule has 0 spiro atoms. The number of hydrogen-bond acceptors (Lipinski definition) is 5. The molecule has 0 amide bonds. The van der Waals surface area contributed by atoms with Crippen LogP contribution in [0.25, 0.3) is 0 Å². The molecule has 0 saturated carbocycles. The van der Waals surface area contributed by atoms with Gasteiger partial charge >= 0.3 is 0 Å². The summed E-state index contributed by atoms with van der Waals surface area (Å²) in [5, 5.41) is 10.6. The number of pyridine rings is 1. The summed E-state index contributed by atoms with van der Waals surface area (Å²) in [7, 11) is -1.99. The van der Waals surface area contributed by atoms with E-state index in [1.165, 1.54) is 17.4 Å². The van der Waals surface area contributed by atoms with Crippen LogP contribution in [0.2, 0.25) is 0 Å². The summed E-state index contributed by atoms with van der Waals surface area (Å²) in [6.07, 6.45) is 3.28. The Morgan fingerprint density at radius 1 is 1.42 bits per heavy atom. The van der Waals surface area contributed by atoms with Gasteiger partial charge in [0.25, 0.3) is 10.0 Å². The number of sulfonamides is 1. The zero-order valence-corrected chi connectivity index (χ0v) is 12.0. The topological polar surface area (TPSA) is 70.5 Å². The molecule has 0 aromatic carbocycles. The molecule has 2 heterocycles. The van der Waals surface area contributed by atoms with Gasteiger partial charge in [-0.15, -0.1) is 11.3 Å². The maximum atomic E-state index is 12.3. The van der Waals surface area contributed by atoms with Crippen LogP contribution in [0.4, 0.5) is 0 Å². The van der Waals surface area contributed by atoms with Gasteiger partial charge < -0.3 is 5.11 Å². The summed E-state index contributed by atoms with van der Waals surface area (Å²) < 4.78 is 26.1. The molecule has 0 atom stereocenters. The first kappa shape index (κ1) is 14.1. The van der Waals surface area contributed by atoms with Crippen LogP contribution in [-0.4, -0.2) is 29.9 Å². The average Bonchev–Trinajstić information content (AvgIpc) is 2.89. The Bertz CT molecular complexity index is 638. The second-order valence-electron chi connectivity index (χ2n) is 4.05. The molecule has 7 heteroatoms. The zero-order valence-electron chi connectivity index (χ0n) is 10.4. The van der Waals surface area contributed by atoms with Gasteiger partial charge in [0.1, 0.15) is 4.21 Å². The molecule has 2 aromatic rings. The van der Waals surface area contributed by atoms with E-state index in [1.807, 2.05) is 6.07 Å². The van der Waals surface area contributed by atoms with Crippen molar-refractivity contribution in [3.8, 4) is 0 Å². The minimum Gasteiger partial charge on any atom is -0.392 e. The fourth-order valence-electron chi connectivity index (χ4n) is 1.56. The third-order valence-corrected chi connectivity index (χ3v) is 5.87. The normalized spacial score (nSPS) is 11.9. The third-order valence-electron chi connectivity index (χ3n) is 2.60. The number of rotatable bonds is 5. The fourth-order valence-corrected chi connectivity index (χ4v) is 4.13. The number of aliphatic hydroxyl groups is 1. The van der Waals surface area contributed by atoms with E-state index in [4.69, 9.17) is 5.11 Å². The zero-order chi connectivity index (χ0) is 13.9.